The first kappa shape index (κ1) is 23.6. The molecule has 0 aliphatic carbocycles. The van der Waals surface area contributed by atoms with Crippen molar-refractivity contribution >= 4 is 29.5 Å². The fourth-order valence-electron chi connectivity index (χ4n) is 5.21. The number of piperazine rings is 1. The van der Waals surface area contributed by atoms with Gasteiger partial charge in [0.25, 0.3) is 11.8 Å². The number of carbonyl (C=O) groups excluding carboxylic acids is 5. The van der Waals surface area contributed by atoms with E-state index in [0.717, 1.165) is 0 Å². The van der Waals surface area contributed by atoms with Gasteiger partial charge in [0.1, 0.15) is 12.1 Å². The molecule has 4 unspecified atom stereocenters. The number of aromatic nitrogens is 3. The monoisotopic (exact) mass is 493 g/mol. The van der Waals surface area contributed by atoms with Gasteiger partial charge in [-0.15, -0.1) is 5.10 Å². The highest BCUT2D eigenvalue weighted by molar-refractivity contribution is 6.05. The molecule has 12 nitrogen and oxygen atoms in total. The number of piperidine rings is 1. The molecule has 3 aliphatic heterocycles. The Morgan fingerprint density at radius 2 is 1.83 bits per heavy atom. The van der Waals surface area contributed by atoms with E-state index in [2.05, 4.69) is 15.6 Å². The van der Waals surface area contributed by atoms with Crippen LogP contribution in [0.4, 0.5) is 0 Å². The second kappa shape index (κ2) is 8.54. The van der Waals surface area contributed by atoms with Crippen LogP contribution in [0, 0.1) is 0 Å². The zero-order valence-electron chi connectivity index (χ0n) is 20.5. The molecule has 5 rings (SSSR count). The van der Waals surface area contributed by atoms with E-state index in [0.29, 0.717) is 16.8 Å². The van der Waals surface area contributed by atoms with Gasteiger partial charge in [0.15, 0.2) is 5.69 Å². The molecular formula is C24H27N7O5. The Bertz CT molecular complexity index is 1300. The normalized spacial score (nSPS) is 26.4. The molecule has 0 spiro atoms. The number of rotatable bonds is 3. The van der Waals surface area contributed by atoms with Gasteiger partial charge in [-0.3, -0.25) is 29.3 Å². The molecule has 4 atom stereocenters. The molecule has 0 saturated carbocycles. The van der Waals surface area contributed by atoms with Crippen LogP contribution < -0.4 is 5.32 Å². The summed E-state index contributed by atoms with van der Waals surface area (Å²) in [7, 11) is 1.73. The number of imide groups is 1. The molecule has 1 aromatic heterocycles. The van der Waals surface area contributed by atoms with Crippen LogP contribution in [0.5, 0.6) is 0 Å². The van der Waals surface area contributed by atoms with E-state index in [1.165, 1.54) is 15.8 Å². The maximum absolute atomic E-state index is 13.3. The van der Waals surface area contributed by atoms with E-state index in [1.807, 2.05) is 13.8 Å². The molecule has 4 heterocycles. The van der Waals surface area contributed by atoms with Crippen LogP contribution in [0.15, 0.2) is 24.4 Å². The molecule has 2 fully saturated rings. The van der Waals surface area contributed by atoms with E-state index in [1.54, 1.807) is 42.0 Å². The van der Waals surface area contributed by atoms with Crippen LogP contribution in [-0.2, 0) is 20.9 Å². The zero-order chi connectivity index (χ0) is 25.9. The quantitative estimate of drug-likeness (QED) is 0.599. The summed E-state index contributed by atoms with van der Waals surface area (Å²) in [5.74, 6) is -1.58. The van der Waals surface area contributed by atoms with Crippen molar-refractivity contribution in [2.45, 2.75) is 64.3 Å². The molecule has 3 aliphatic rings. The van der Waals surface area contributed by atoms with Gasteiger partial charge >= 0.3 is 0 Å². The van der Waals surface area contributed by atoms with Crippen molar-refractivity contribution in [1.29, 1.82) is 0 Å². The predicted molar refractivity (Wildman–Crippen MR) is 125 cm³/mol. The number of benzene rings is 1. The SMILES string of the molecule is CC1C(C)N(C(=O)c2cn(-c3ccc4c(c3)CN(C3CCC(=O)NC3=O)C4=O)nn2)C(C)C(=O)N1C. The second-order valence-corrected chi connectivity index (χ2v) is 9.61. The van der Waals surface area contributed by atoms with Crippen LogP contribution in [-0.4, -0.2) is 90.4 Å². The highest BCUT2D eigenvalue weighted by atomic mass is 16.2. The lowest BCUT2D eigenvalue weighted by Crippen LogP contribution is -2.64. The third-order valence-electron chi connectivity index (χ3n) is 7.59. The summed E-state index contributed by atoms with van der Waals surface area (Å²) in [5.41, 5.74) is 1.90. The largest absolute Gasteiger partial charge is 0.339 e. The van der Waals surface area contributed by atoms with Crippen molar-refractivity contribution in [3.8, 4) is 5.69 Å². The molecule has 0 radical (unpaired) electrons. The van der Waals surface area contributed by atoms with E-state index in [9.17, 15) is 24.0 Å². The zero-order valence-corrected chi connectivity index (χ0v) is 20.5. The van der Waals surface area contributed by atoms with Gasteiger partial charge in [-0.2, -0.15) is 0 Å². The Hall–Kier alpha value is -4.09. The Kier molecular flexibility index (Phi) is 5.61. The van der Waals surface area contributed by atoms with Gasteiger partial charge in [0.2, 0.25) is 17.7 Å². The molecule has 5 amide bonds. The van der Waals surface area contributed by atoms with Crippen molar-refractivity contribution in [2.75, 3.05) is 7.05 Å². The lowest BCUT2D eigenvalue weighted by Gasteiger charge is -2.46. The lowest BCUT2D eigenvalue weighted by molar-refractivity contribution is -0.144. The van der Waals surface area contributed by atoms with Gasteiger partial charge in [0.05, 0.1) is 17.9 Å². The Morgan fingerprint density at radius 1 is 1.08 bits per heavy atom. The van der Waals surface area contributed by atoms with Crippen molar-refractivity contribution in [1.82, 2.24) is 35.0 Å². The summed E-state index contributed by atoms with van der Waals surface area (Å²) in [4.78, 5) is 67.2. The molecule has 0 bridgehead atoms. The third kappa shape index (κ3) is 3.64. The first-order valence-corrected chi connectivity index (χ1v) is 11.9. The summed E-state index contributed by atoms with van der Waals surface area (Å²) < 4.78 is 1.45. The third-order valence-corrected chi connectivity index (χ3v) is 7.59. The minimum atomic E-state index is -0.695. The van der Waals surface area contributed by atoms with Gasteiger partial charge in [-0.25, -0.2) is 4.68 Å². The van der Waals surface area contributed by atoms with Crippen molar-refractivity contribution in [3.63, 3.8) is 0 Å². The lowest BCUT2D eigenvalue weighted by atomic mass is 10.00. The topological polar surface area (TPSA) is 138 Å². The number of likely N-dealkylation sites (N-methyl/N-ethyl adjacent to an activating group) is 1. The van der Waals surface area contributed by atoms with Crippen LogP contribution in [0.25, 0.3) is 5.69 Å². The van der Waals surface area contributed by atoms with Crippen molar-refractivity contribution in [2.24, 2.45) is 0 Å². The number of hydrogen-bond donors (Lipinski definition) is 1. The van der Waals surface area contributed by atoms with E-state index < -0.39 is 18.0 Å². The minimum Gasteiger partial charge on any atom is -0.339 e. The number of carbonyl (C=O) groups is 5. The second-order valence-electron chi connectivity index (χ2n) is 9.61. The number of fused-ring (bicyclic) bond motifs is 1. The van der Waals surface area contributed by atoms with Crippen LogP contribution in [0.3, 0.4) is 0 Å². The van der Waals surface area contributed by atoms with E-state index >= 15 is 0 Å². The molecular weight excluding hydrogens is 466 g/mol. The summed E-state index contributed by atoms with van der Waals surface area (Å²) in [6.07, 6.45) is 1.98. The summed E-state index contributed by atoms with van der Waals surface area (Å²) in [6, 6.07) is 3.46. The van der Waals surface area contributed by atoms with Crippen LogP contribution >= 0.6 is 0 Å². The summed E-state index contributed by atoms with van der Waals surface area (Å²) in [5, 5.41) is 10.4. The fourth-order valence-corrected chi connectivity index (χ4v) is 5.21. The molecule has 12 heteroatoms. The maximum Gasteiger partial charge on any atom is 0.277 e. The average molecular weight is 494 g/mol. The molecule has 188 valence electrons. The number of amides is 5. The van der Waals surface area contributed by atoms with Gasteiger partial charge in [-0.1, -0.05) is 5.21 Å². The van der Waals surface area contributed by atoms with E-state index in [-0.39, 0.29) is 60.8 Å². The minimum absolute atomic E-state index is 0.111. The number of nitrogens with zero attached hydrogens (tertiary/aromatic N) is 6. The highest BCUT2D eigenvalue weighted by Gasteiger charge is 2.43. The number of hydrogen-bond acceptors (Lipinski definition) is 7. The molecule has 1 aromatic carbocycles. The molecule has 36 heavy (non-hydrogen) atoms. The standard InChI is InChI=1S/C24H27N7O5/c1-12-13(2)31(14(3)22(34)28(12)4)24(36)18-11-30(27-26-18)16-5-6-17-15(9-16)10-29(23(17)35)19-7-8-20(32)25-21(19)33/h5-6,9,11-14,19H,7-8,10H2,1-4H3,(H,25,32,33). The summed E-state index contributed by atoms with van der Waals surface area (Å²) in [6.45, 7) is 5.73. The van der Waals surface area contributed by atoms with Crippen LogP contribution in [0.2, 0.25) is 0 Å². The average Bonchev–Trinajstić information content (AvgIpc) is 3.47. The number of nitrogens with one attached hydrogen (secondary N) is 1. The molecule has 1 N–H and O–H groups in total. The first-order valence-electron chi connectivity index (χ1n) is 11.9. The molecule has 2 aromatic rings. The molecule has 2 saturated heterocycles. The first-order chi connectivity index (χ1) is 17.1. The van der Waals surface area contributed by atoms with Crippen molar-refractivity contribution < 1.29 is 24.0 Å². The Balaban J connectivity index is 1.36. The summed E-state index contributed by atoms with van der Waals surface area (Å²) >= 11 is 0. The van der Waals surface area contributed by atoms with Crippen molar-refractivity contribution in [3.05, 3.63) is 41.2 Å². The highest BCUT2D eigenvalue weighted by Crippen LogP contribution is 2.29. The van der Waals surface area contributed by atoms with Crippen LogP contribution in [0.1, 0.15) is 60.0 Å². The van der Waals surface area contributed by atoms with Gasteiger partial charge in [0, 0.05) is 31.6 Å². The fraction of sp³-hybridized carbons (Fsp3) is 0.458. The predicted octanol–water partition coefficient (Wildman–Crippen LogP) is 0.108. The van der Waals surface area contributed by atoms with E-state index in [4.69, 9.17) is 0 Å². The Morgan fingerprint density at radius 3 is 2.56 bits per heavy atom. The van der Waals surface area contributed by atoms with Gasteiger partial charge < -0.3 is 14.7 Å². The maximum atomic E-state index is 13.3. The Labute approximate surface area is 207 Å². The smallest absolute Gasteiger partial charge is 0.277 e. The van der Waals surface area contributed by atoms with Gasteiger partial charge in [-0.05, 0) is 51.0 Å².